The van der Waals surface area contributed by atoms with E-state index in [0.29, 0.717) is 35.9 Å². The molecule has 3 nitrogen and oxygen atoms in total. The lowest BCUT2D eigenvalue weighted by atomic mass is 9.46. The molecule has 3 fully saturated rings. The maximum atomic E-state index is 12.5. The van der Waals surface area contributed by atoms with E-state index in [2.05, 4.69) is 67.7 Å². The number of ketones is 1. The molecule has 3 saturated carbocycles. The van der Waals surface area contributed by atoms with Crippen LogP contribution in [0.25, 0.3) is 0 Å². The number of hydrogen-bond acceptors (Lipinski definition) is 4. The minimum atomic E-state index is -0.891. The van der Waals surface area contributed by atoms with Crippen LogP contribution in [-0.2, 0) is 4.79 Å². The van der Waals surface area contributed by atoms with Crippen LogP contribution in [-0.4, -0.2) is 35.3 Å². The molecule has 6 rings (SSSR count). The fourth-order valence-corrected chi connectivity index (χ4v) is 10.5. The molecule has 4 aliphatic carbocycles. The highest BCUT2D eigenvalue weighted by Crippen LogP contribution is 2.73. The lowest BCUT2D eigenvalue weighted by molar-refractivity contribution is -0.116. The number of fused-ring (bicyclic) bond motifs is 4. The van der Waals surface area contributed by atoms with E-state index in [0.717, 1.165) is 38.5 Å². The molecule has 174 valence electrons. The van der Waals surface area contributed by atoms with E-state index >= 15 is 0 Å². The summed E-state index contributed by atoms with van der Waals surface area (Å²) < 4.78 is 0.0396. The smallest absolute Gasteiger partial charge is 0.155 e. The SMILES string of the molecule is CC#C[C@]1(O)CC[C@H]2[C@@H]3CCC4=CC(=O)CC[C@@]45Sc4cc(N(C)C)ccc4[C@@H](C[C@@]21C)[C@@H]35. The summed E-state index contributed by atoms with van der Waals surface area (Å²) in [4.78, 5) is 16.0. The van der Waals surface area contributed by atoms with Gasteiger partial charge in [0, 0.05) is 41.3 Å². The summed E-state index contributed by atoms with van der Waals surface area (Å²) in [5, 5.41) is 11.8. The molecule has 1 aliphatic heterocycles. The number of aliphatic hydroxyl groups is 1. The van der Waals surface area contributed by atoms with E-state index in [-0.39, 0.29) is 10.2 Å². The van der Waals surface area contributed by atoms with Crippen molar-refractivity contribution in [3.05, 3.63) is 35.4 Å². The van der Waals surface area contributed by atoms with Gasteiger partial charge in [0.25, 0.3) is 0 Å². The summed E-state index contributed by atoms with van der Waals surface area (Å²) in [5.41, 5.74) is 3.02. The first-order chi connectivity index (χ1) is 15.7. The van der Waals surface area contributed by atoms with Crippen LogP contribution in [0.1, 0.15) is 70.3 Å². The van der Waals surface area contributed by atoms with Crippen molar-refractivity contribution in [1.29, 1.82) is 0 Å². The van der Waals surface area contributed by atoms with Gasteiger partial charge in [0.15, 0.2) is 5.78 Å². The highest BCUT2D eigenvalue weighted by Gasteiger charge is 2.68. The van der Waals surface area contributed by atoms with Crippen LogP contribution < -0.4 is 4.90 Å². The van der Waals surface area contributed by atoms with Gasteiger partial charge in [-0.3, -0.25) is 4.79 Å². The summed E-state index contributed by atoms with van der Waals surface area (Å²) in [7, 11) is 4.21. The Morgan fingerprint density at radius 3 is 2.76 bits per heavy atom. The molecule has 4 heteroatoms. The van der Waals surface area contributed by atoms with Crippen molar-refractivity contribution >= 4 is 23.2 Å². The number of hydrogen-bond donors (Lipinski definition) is 1. The molecule has 1 aromatic rings. The first kappa shape index (κ1) is 21.8. The first-order valence-corrected chi connectivity index (χ1v) is 13.4. The Balaban J connectivity index is 1.56. The maximum Gasteiger partial charge on any atom is 0.155 e. The lowest BCUT2D eigenvalue weighted by Gasteiger charge is -2.64. The molecule has 7 atom stereocenters. The van der Waals surface area contributed by atoms with Crippen LogP contribution >= 0.6 is 11.8 Å². The molecule has 5 aliphatic rings. The molecule has 0 radical (unpaired) electrons. The molecule has 0 bridgehead atoms. The second-order valence-corrected chi connectivity index (χ2v) is 13.0. The summed E-state index contributed by atoms with van der Waals surface area (Å²) in [5.74, 6) is 8.70. The average Bonchev–Trinajstić information content (AvgIpc) is 3.04. The number of rotatable bonds is 1. The number of thioether (sulfide) groups is 1. The summed E-state index contributed by atoms with van der Waals surface area (Å²) in [6.07, 6.45) is 8.67. The Hall–Kier alpha value is -1.70. The van der Waals surface area contributed by atoms with Gasteiger partial charge >= 0.3 is 0 Å². The van der Waals surface area contributed by atoms with Gasteiger partial charge in [0.2, 0.25) is 0 Å². The molecule has 1 heterocycles. The topological polar surface area (TPSA) is 40.5 Å². The summed E-state index contributed by atoms with van der Waals surface area (Å²) in [6, 6.07) is 6.99. The molecule has 33 heavy (non-hydrogen) atoms. The largest absolute Gasteiger partial charge is 0.378 e. The van der Waals surface area contributed by atoms with Crippen LogP contribution in [0, 0.1) is 35.0 Å². The number of carbonyl (C=O) groups is 1. The standard InChI is InChI=1S/C29H35NO2S/c1-5-12-28(32)13-11-24-22-8-6-18-15-20(31)10-14-29(18)26(22)23(17-27(24,28)2)21-9-7-19(30(3)4)16-25(21)33-29/h7,9,15-16,22-24,26,32H,6,8,10-11,13-14,17H2,1-4H3/t22-,23+,24-,26+,27-,28-,29+/m0/s1. The second-order valence-electron chi connectivity index (χ2n) is 11.6. The first-order valence-electron chi connectivity index (χ1n) is 12.6. The van der Waals surface area contributed by atoms with Gasteiger partial charge in [-0.05, 0) is 98.5 Å². The van der Waals surface area contributed by atoms with Crippen LogP contribution in [0.3, 0.4) is 0 Å². The zero-order chi connectivity index (χ0) is 23.2. The minimum absolute atomic E-state index is 0.0396. The predicted molar refractivity (Wildman–Crippen MR) is 134 cm³/mol. The molecule has 0 amide bonds. The van der Waals surface area contributed by atoms with Crippen molar-refractivity contribution in [2.45, 2.75) is 80.0 Å². The fraction of sp³-hybridized carbons (Fsp3) is 0.621. The zero-order valence-electron chi connectivity index (χ0n) is 20.3. The van der Waals surface area contributed by atoms with Crippen LogP contribution in [0.15, 0.2) is 34.7 Å². The molecular weight excluding hydrogens is 426 g/mol. The molecule has 1 N–H and O–H groups in total. The number of benzene rings is 1. The van der Waals surface area contributed by atoms with E-state index in [1.54, 1.807) is 0 Å². The Morgan fingerprint density at radius 1 is 1.18 bits per heavy atom. The van der Waals surface area contributed by atoms with Gasteiger partial charge in [-0.15, -0.1) is 17.7 Å². The third-order valence-electron chi connectivity index (χ3n) is 10.1. The highest BCUT2D eigenvalue weighted by atomic mass is 32.2. The van der Waals surface area contributed by atoms with Crippen molar-refractivity contribution in [3.8, 4) is 11.8 Å². The molecule has 0 aromatic heterocycles. The summed E-state index contributed by atoms with van der Waals surface area (Å²) in [6.45, 7) is 4.20. The van der Waals surface area contributed by atoms with E-state index in [1.807, 2.05) is 13.0 Å². The molecular formula is C29H35NO2S. The van der Waals surface area contributed by atoms with E-state index in [4.69, 9.17) is 0 Å². The van der Waals surface area contributed by atoms with Crippen molar-refractivity contribution < 1.29 is 9.90 Å². The van der Waals surface area contributed by atoms with Gasteiger partial charge < -0.3 is 10.0 Å². The third-order valence-corrected chi connectivity index (χ3v) is 11.8. The Labute approximate surface area is 202 Å². The molecule has 1 aromatic carbocycles. The van der Waals surface area contributed by atoms with Gasteiger partial charge in [-0.1, -0.05) is 18.9 Å². The molecule has 1 spiro atoms. The van der Waals surface area contributed by atoms with Crippen molar-refractivity contribution in [1.82, 2.24) is 0 Å². The van der Waals surface area contributed by atoms with Gasteiger partial charge in [0.1, 0.15) is 5.60 Å². The molecule has 0 saturated heterocycles. The number of carbonyl (C=O) groups excluding carboxylic acids is 1. The van der Waals surface area contributed by atoms with E-state index in [1.165, 1.54) is 21.7 Å². The van der Waals surface area contributed by atoms with Crippen LogP contribution in [0.5, 0.6) is 0 Å². The van der Waals surface area contributed by atoms with Crippen molar-refractivity contribution in [2.75, 3.05) is 19.0 Å². The zero-order valence-corrected chi connectivity index (χ0v) is 21.1. The highest BCUT2D eigenvalue weighted by molar-refractivity contribution is 8.01. The molecule has 0 unspecified atom stereocenters. The monoisotopic (exact) mass is 461 g/mol. The van der Waals surface area contributed by atoms with Crippen molar-refractivity contribution in [2.24, 2.45) is 23.2 Å². The number of nitrogens with zero attached hydrogens (tertiary/aromatic N) is 1. The fourth-order valence-electron chi connectivity index (χ4n) is 8.60. The predicted octanol–water partition coefficient (Wildman–Crippen LogP) is 5.57. The second kappa shape index (κ2) is 7.15. The average molecular weight is 462 g/mol. The van der Waals surface area contributed by atoms with Gasteiger partial charge in [0.05, 0.1) is 0 Å². The van der Waals surface area contributed by atoms with E-state index in [9.17, 15) is 9.90 Å². The summed E-state index contributed by atoms with van der Waals surface area (Å²) >= 11 is 2.07. The Kier molecular flexibility index (Phi) is 4.73. The van der Waals surface area contributed by atoms with Crippen molar-refractivity contribution in [3.63, 3.8) is 0 Å². The third kappa shape index (κ3) is 2.79. The minimum Gasteiger partial charge on any atom is -0.378 e. The Bertz CT molecular complexity index is 1130. The van der Waals surface area contributed by atoms with Gasteiger partial charge in [-0.2, -0.15) is 0 Å². The normalized spacial score (nSPS) is 42.7. The van der Waals surface area contributed by atoms with Crippen LogP contribution in [0.2, 0.25) is 0 Å². The number of anilines is 1. The Morgan fingerprint density at radius 2 is 2.00 bits per heavy atom. The maximum absolute atomic E-state index is 12.5. The van der Waals surface area contributed by atoms with Gasteiger partial charge in [-0.25, -0.2) is 0 Å². The lowest BCUT2D eigenvalue weighted by Crippen LogP contribution is -2.60. The van der Waals surface area contributed by atoms with Crippen LogP contribution in [0.4, 0.5) is 5.69 Å². The quantitative estimate of drug-likeness (QED) is 0.555. The van der Waals surface area contributed by atoms with E-state index < -0.39 is 5.60 Å².